The lowest BCUT2D eigenvalue weighted by molar-refractivity contribution is 0.0962. The normalized spacial score (nSPS) is 20.4. The van der Waals surface area contributed by atoms with Gasteiger partial charge < -0.3 is 25.2 Å². The van der Waals surface area contributed by atoms with E-state index in [0.717, 1.165) is 31.1 Å². The number of nitrogens with one attached hydrogen (secondary N) is 2. The molecule has 2 aromatic carbocycles. The molecule has 2 atom stereocenters. The zero-order valence-corrected chi connectivity index (χ0v) is 20.9. The van der Waals surface area contributed by atoms with Gasteiger partial charge in [0.2, 0.25) is 0 Å². The molecule has 1 amide bonds. The van der Waals surface area contributed by atoms with Gasteiger partial charge in [0.15, 0.2) is 5.82 Å². The number of hydrogen-bond donors (Lipinski definition) is 3. The largest absolute Gasteiger partial charge is 0.487 e. The minimum atomic E-state index is -0.982. The molecule has 2 aliphatic rings. The molecule has 0 spiro atoms. The summed E-state index contributed by atoms with van der Waals surface area (Å²) in [5.74, 6) is -2.61. The van der Waals surface area contributed by atoms with E-state index < -0.39 is 35.1 Å². The second-order valence-electron chi connectivity index (χ2n) is 9.02. The Kier molecular flexibility index (Phi) is 7.02. The van der Waals surface area contributed by atoms with Crippen LogP contribution in [0.25, 0.3) is 11.1 Å². The molecule has 3 N–H and O–H groups in total. The minimum Gasteiger partial charge on any atom is -0.487 e. The fourth-order valence-corrected chi connectivity index (χ4v) is 5.60. The number of aliphatic hydroxyl groups excluding tert-OH is 1. The van der Waals surface area contributed by atoms with Crippen LogP contribution in [0.5, 0.6) is 11.6 Å². The van der Waals surface area contributed by atoms with Gasteiger partial charge in [0.05, 0.1) is 22.7 Å². The second-order valence-corrected chi connectivity index (χ2v) is 9.40. The molecular formula is C27H26ClF2N3O4. The molecular weight excluding hydrogens is 504 g/mol. The summed E-state index contributed by atoms with van der Waals surface area (Å²) in [5.41, 5.74) is 0.651. The number of aliphatic hydroxyl groups is 1. The van der Waals surface area contributed by atoms with Crippen LogP contribution < -0.4 is 20.1 Å². The quantitative estimate of drug-likeness (QED) is 0.428. The minimum absolute atomic E-state index is 0.0210. The van der Waals surface area contributed by atoms with Crippen molar-refractivity contribution < 1.29 is 28.2 Å². The van der Waals surface area contributed by atoms with Gasteiger partial charge in [-0.2, -0.15) is 0 Å². The van der Waals surface area contributed by atoms with Gasteiger partial charge in [-0.15, -0.1) is 0 Å². The SMILES string of the molecule is CNC(=O)c1cnc(OCCO)c(F)c1-c1c(Cl)c(F)cc2c1CC(C1(c3ccccc3)CCCN1)O2. The van der Waals surface area contributed by atoms with Crippen molar-refractivity contribution in [2.75, 3.05) is 26.8 Å². The standard InChI is InChI=1S/C27H26ClF2N3O4/c1-31-25(35)17-14-32-26(36-11-10-34)24(30)22(17)21-16-12-20(37-19(16)13-18(29)23(21)28)27(8-5-9-33-27)15-6-3-2-4-7-15/h2-4,6-7,13-14,20,33-34H,5,8-12H2,1H3,(H,31,35). The Morgan fingerprint density at radius 2 is 2.11 bits per heavy atom. The van der Waals surface area contributed by atoms with E-state index in [-0.39, 0.29) is 40.7 Å². The molecule has 2 unspecified atom stereocenters. The van der Waals surface area contributed by atoms with Crippen LogP contribution in [0.2, 0.25) is 5.02 Å². The van der Waals surface area contributed by atoms with Crippen LogP contribution in [0.3, 0.4) is 0 Å². The highest BCUT2D eigenvalue weighted by Gasteiger charge is 2.48. The first-order valence-corrected chi connectivity index (χ1v) is 12.4. The van der Waals surface area contributed by atoms with Crippen LogP contribution in [-0.2, 0) is 12.0 Å². The molecule has 194 valence electrons. The summed E-state index contributed by atoms with van der Waals surface area (Å²) < 4.78 is 42.6. The number of nitrogens with zero attached hydrogens (tertiary/aromatic N) is 1. The number of ether oxygens (including phenoxy) is 2. The molecule has 0 bridgehead atoms. The molecule has 1 aromatic heterocycles. The predicted molar refractivity (Wildman–Crippen MR) is 134 cm³/mol. The summed E-state index contributed by atoms with van der Waals surface area (Å²) in [4.78, 5) is 16.6. The van der Waals surface area contributed by atoms with E-state index in [1.54, 1.807) is 0 Å². The molecule has 1 saturated heterocycles. The van der Waals surface area contributed by atoms with Crippen molar-refractivity contribution in [2.24, 2.45) is 0 Å². The van der Waals surface area contributed by atoms with Gasteiger partial charge >= 0.3 is 0 Å². The molecule has 7 nitrogen and oxygen atoms in total. The molecule has 0 radical (unpaired) electrons. The maximum atomic E-state index is 15.9. The van der Waals surface area contributed by atoms with Gasteiger partial charge in [-0.05, 0) is 24.9 Å². The molecule has 5 rings (SSSR count). The van der Waals surface area contributed by atoms with Crippen LogP contribution in [0.15, 0.2) is 42.6 Å². The van der Waals surface area contributed by atoms with Crippen molar-refractivity contribution in [1.82, 2.24) is 15.6 Å². The van der Waals surface area contributed by atoms with E-state index in [2.05, 4.69) is 15.6 Å². The van der Waals surface area contributed by atoms with Crippen molar-refractivity contribution in [3.8, 4) is 22.8 Å². The lowest BCUT2D eigenvalue weighted by Crippen LogP contribution is -2.49. The van der Waals surface area contributed by atoms with Gasteiger partial charge in [-0.3, -0.25) is 4.79 Å². The van der Waals surface area contributed by atoms with Crippen molar-refractivity contribution in [3.63, 3.8) is 0 Å². The third kappa shape index (κ3) is 4.31. The number of hydrogen-bond acceptors (Lipinski definition) is 6. The average molecular weight is 530 g/mol. The first-order valence-electron chi connectivity index (χ1n) is 12.0. The number of halogens is 3. The van der Waals surface area contributed by atoms with Crippen molar-refractivity contribution in [2.45, 2.75) is 30.9 Å². The van der Waals surface area contributed by atoms with Crippen molar-refractivity contribution >= 4 is 17.5 Å². The fraction of sp³-hybridized carbons (Fsp3) is 0.333. The lowest BCUT2D eigenvalue weighted by atomic mass is 9.80. The van der Waals surface area contributed by atoms with Gasteiger partial charge in [0.25, 0.3) is 11.8 Å². The van der Waals surface area contributed by atoms with E-state index >= 15 is 8.78 Å². The monoisotopic (exact) mass is 529 g/mol. The second kappa shape index (κ2) is 10.2. The molecule has 3 aromatic rings. The topological polar surface area (TPSA) is 92.7 Å². The molecule has 1 fully saturated rings. The van der Waals surface area contributed by atoms with Crippen LogP contribution in [0, 0.1) is 11.6 Å². The van der Waals surface area contributed by atoms with Crippen LogP contribution in [-0.4, -0.2) is 48.9 Å². The average Bonchev–Trinajstić information content (AvgIpc) is 3.57. The number of aromatic nitrogens is 1. The third-order valence-electron chi connectivity index (χ3n) is 7.01. The zero-order valence-electron chi connectivity index (χ0n) is 20.1. The van der Waals surface area contributed by atoms with Gasteiger partial charge in [0.1, 0.15) is 24.3 Å². The maximum absolute atomic E-state index is 15.9. The number of fused-ring (bicyclic) bond motifs is 1. The molecule has 3 heterocycles. The number of amides is 1. The molecule has 2 aliphatic heterocycles. The van der Waals surface area contributed by atoms with Gasteiger partial charge in [-0.25, -0.2) is 13.8 Å². The summed E-state index contributed by atoms with van der Waals surface area (Å²) in [7, 11) is 1.40. The molecule has 0 aliphatic carbocycles. The highest BCUT2D eigenvalue weighted by Crippen LogP contribution is 2.49. The van der Waals surface area contributed by atoms with Gasteiger partial charge in [-0.1, -0.05) is 41.9 Å². The highest BCUT2D eigenvalue weighted by atomic mass is 35.5. The third-order valence-corrected chi connectivity index (χ3v) is 7.38. The Bertz CT molecular complexity index is 1330. The predicted octanol–water partition coefficient (Wildman–Crippen LogP) is 3.99. The summed E-state index contributed by atoms with van der Waals surface area (Å²) in [6, 6.07) is 11.1. The Morgan fingerprint density at radius 3 is 2.78 bits per heavy atom. The molecule has 0 saturated carbocycles. The molecule has 37 heavy (non-hydrogen) atoms. The summed E-state index contributed by atoms with van der Waals surface area (Å²) in [5, 5.41) is 14.8. The van der Waals surface area contributed by atoms with E-state index in [9.17, 15) is 4.79 Å². The van der Waals surface area contributed by atoms with Crippen LogP contribution >= 0.6 is 11.6 Å². The van der Waals surface area contributed by atoms with Crippen molar-refractivity contribution in [1.29, 1.82) is 0 Å². The first-order chi connectivity index (χ1) is 17.9. The Hall–Kier alpha value is -3.27. The van der Waals surface area contributed by atoms with Gasteiger partial charge in [0, 0.05) is 42.4 Å². The lowest BCUT2D eigenvalue weighted by Gasteiger charge is -2.35. The highest BCUT2D eigenvalue weighted by molar-refractivity contribution is 6.34. The summed E-state index contributed by atoms with van der Waals surface area (Å²) >= 11 is 6.47. The molecule has 10 heteroatoms. The first kappa shape index (κ1) is 25.4. The number of pyridine rings is 1. The summed E-state index contributed by atoms with van der Waals surface area (Å²) in [6.45, 7) is 0.209. The fourth-order valence-electron chi connectivity index (χ4n) is 5.34. The smallest absolute Gasteiger partial charge is 0.253 e. The van der Waals surface area contributed by atoms with Crippen LogP contribution in [0.4, 0.5) is 8.78 Å². The van der Waals surface area contributed by atoms with E-state index in [0.29, 0.717) is 12.0 Å². The zero-order chi connectivity index (χ0) is 26.2. The Balaban J connectivity index is 1.67. The maximum Gasteiger partial charge on any atom is 0.253 e. The van der Waals surface area contributed by atoms with Crippen molar-refractivity contribution in [3.05, 3.63) is 75.9 Å². The summed E-state index contributed by atoms with van der Waals surface area (Å²) in [6.07, 6.45) is 2.75. The number of rotatable bonds is 7. The number of carbonyl (C=O) groups excluding carboxylic acids is 1. The Morgan fingerprint density at radius 1 is 1.32 bits per heavy atom. The Labute approximate surface area is 217 Å². The van der Waals surface area contributed by atoms with E-state index in [1.165, 1.54) is 13.1 Å². The number of benzene rings is 2. The van der Waals surface area contributed by atoms with E-state index in [4.69, 9.17) is 26.2 Å². The number of carbonyl (C=O) groups is 1. The van der Waals surface area contributed by atoms with Crippen LogP contribution in [0.1, 0.15) is 34.3 Å². The van der Waals surface area contributed by atoms with E-state index in [1.807, 2.05) is 30.3 Å².